The lowest BCUT2D eigenvalue weighted by atomic mass is 10.2. The molecule has 0 aromatic carbocycles. The van der Waals surface area contributed by atoms with Crippen molar-refractivity contribution >= 4 is 5.97 Å². The normalized spacial score (nSPS) is 12.8. The minimum Gasteiger partial charge on any atom is -0.481 e. The van der Waals surface area contributed by atoms with Crippen LogP contribution < -0.4 is 0 Å². The van der Waals surface area contributed by atoms with Crippen LogP contribution in [-0.2, 0) is 9.53 Å². The summed E-state index contributed by atoms with van der Waals surface area (Å²) in [5.41, 5.74) is 0. The first-order valence-corrected chi connectivity index (χ1v) is 4.65. The molecule has 0 saturated heterocycles. The molecule has 0 rings (SSSR count). The summed E-state index contributed by atoms with van der Waals surface area (Å²) in [6.07, 6.45) is 2.26. The Bertz CT molecular complexity index is 132. The number of aliphatic hydroxyl groups excluding tert-OH is 1. The number of carbonyl (C=O) groups is 1. The van der Waals surface area contributed by atoms with Crippen LogP contribution in [0.25, 0.3) is 0 Å². The molecule has 4 nitrogen and oxygen atoms in total. The maximum Gasteiger partial charge on any atom is 0.303 e. The maximum atomic E-state index is 10.1. The number of hydrogen-bond donors (Lipinski definition) is 2. The molecular formula is C9H18O4. The van der Waals surface area contributed by atoms with Gasteiger partial charge in [-0.1, -0.05) is 6.92 Å². The predicted octanol–water partition coefficient (Wildman–Crippen LogP) is 1.03. The molecule has 0 aliphatic carbocycles. The van der Waals surface area contributed by atoms with E-state index in [2.05, 4.69) is 0 Å². The second-order valence-electron chi connectivity index (χ2n) is 2.93. The highest BCUT2D eigenvalue weighted by atomic mass is 16.5. The number of rotatable bonds is 8. The lowest BCUT2D eigenvalue weighted by Gasteiger charge is -2.12. The first-order valence-electron chi connectivity index (χ1n) is 4.65. The molecule has 0 aromatic rings. The smallest absolute Gasteiger partial charge is 0.303 e. The monoisotopic (exact) mass is 190 g/mol. The van der Waals surface area contributed by atoms with Crippen LogP contribution >= 0.6 is 0 Å². The Morgan fingerprint density at radius 2 is 2.15 bits per heavy atom. The van der Waals surface area contributed by atoms with E-state index in [9.17, 15) is 4.79 Å². The lowest BCUT2D eigenvalue weighted by molar-refractivity contribution is -0.137. The molecule has 0 spiro atoms. The summed E-state index contributed by atoms with van der Waals surface area (Å²) in [6.45, 7) is 2.51. The van der Waals surface area contributed by atoms with Gasteiger partial charge in [0.15, 0.2) is 0 Å². The molecule has 78 valence electrons. The van der Waals surface area contributed by atoms with Crippen LogP contribution in [0.15, 0.2) is 0 Å². The summed E-state index contributed by atoms with van der Waals surface area (Å²) < 4.78 is 5.28. The van der Waals surface area contributed by atoms with Crippen molar-refractivity contribution in [3.8, 4) is 0 Å². The Morgan fingerprint density at radius 1 is 1.46 bits per heavy atom. The Balaban J connectivity index is 3.19. The summed E-state index contributed by atoms with van der Waals surface area (Å²) in [4.78, 5) is 10.1. The summed E-state index contributed by atoms with van der Waals surface area (Å²) in [6, 6.07) is 0. The molecule has 0 amide bonds. The highest BCUT2D eigenvalue weighted by Crippen LogP contribution is 2.01. The maximum absolute atomic E-state index is 10.1. The van der Waals surface area contributed by atoms with Crippen molar-refractivity contribution in [3.63, 3.8) is 0 Å². The number of unbranched alkanes of at least 4 members (excludes halogenated alkanes) is 1. The van der Waals surface area contributed by atoms with Gasteiger partial charge in [-0.3, -0.25) is 4.79 Å². The van der Waals surface area contributed by atoms with Crippen LogP contribution in [0, 0.1) is 0 Å². The number of ether oxygens (including phenoxy) is 1. The number of carboxylic acids is 1. The Morgan fingerprint density at radius 3 is 2.62 bits per heavy atom. The fourth-order valence-corrected chi connectivity index (χ4v) is 0.928. The molecule has 1 atom stereocenters. The van der Waals surface area contributed by atoms with Crippen LogP contribution in [0.2, 0.25) is 0 Å². The van der Waals surface area contributed by atoms with Gasteiger partial charge in [0.2, 0.25) is 0 Å². The standard InChI is InChI=1S/C9H18O4/c1-2-8(7-10)13-6-4-3-5-9(11)12/h8,10H,2-7H2,1H3,(H,11,12). The molecule has 0 aliphatic rings. The zero-order valence-electron chi connectivity index (χ0n) is 8.03. The molecule has 13 heavy (non-hydrogen) atoms. The zero-order chi connectivity index (χ0) is 10.1. The summed E-state index contributed by atoms with van der Waals surface area (Å²) in [7, 11) is 0. The van der Waals surface area contributed by atoms with Crippen LogP contribution in [0.3, 0.4) is 0 Å². The van der Waals surface area contributed by atoms with Gasteiger partial charge in [-0.15, -0.1) is 0 Å². The largest absolute Gasteiger partial charge is 0.481 e. The van der Waals surface area contributed by atoms with Crippen molar-refractivity contribution in [1.82, 2.24) is 0 Å². The van der Waals surface area contributed by atoms with Gasteiger partial charge in [-0.25, -0.2) is 0 Å². The average Bonchev–Trinajstić information content (AvgIpc) is 2.11. The van der Waals surface area contributed by atoms with E-state index in [1.807, 2.05) is 6.92 Å². The van der Waals surface area contributed by atoms with Gasteiger partial charge in [0.05, 0.1) is 12.7 Å². The quantitative estimate of drug-likeness (QED) is 0.561. The molecule has 0 aromatic heterocycles. The van der Waals surface area contributed by atoms with Gasteiger partial charge in [0.1, 0.15) is 0 Å². The van der Waals surface area contributed by atoms with E-state index in [-0.39, 0.29) is 19.1 Å². The van der Waals surface area contributed by atoms with Crippen LogP contribution in [0.5, 0.6) is 0 Å². The van der Waals surface area contributed by atoms with E-state index in [1.165, 1.54) is 0 Å². The molecule has 0 fully saturated rings. The van der Waals surface area contributed by atoms with E-state index in [0.717, 1.165) is 12.8 Å². The van der Waals surface area contributed by atoms with Crippen molar-refractivity contribution in [3.05, 3.63) is 0 Å². The third-order valence-electron chi connectivity index (χ3n) is 1.80. The van der Waals surface area contributed by atoms with Gasteiger partial charge < -0.3 is 14.9 Å². The third kappa shape index (κ3) is 7.74. The van der Waals surface area contributed by atoms with Crippen molar-refractivity contribution in [2.24, 2.45) is 0 Å². The second kappa shape index (κ2) is 8.01. The van der Waals surface area contributed by atoms with Gasteiger partial charge in [-0.05, 0) is 19.3 Å². The molecule has 4 heteroatoms. The van der Waals surface area contributed by atoms with E-state index in [4.69, 9.17) is 14.9 Å². The molecule has 2 N–H and O–H groups in total. The summed E-state index contributed by atoms with van der Waals surface area (Å²) in [5.74, 6) is -0.769. The van der Waals surface area contributed by atoms with Crippen molar-refractivity contribution in [2.75, 3.05) is 13.2 Å². The topological polar surface area (TPSA) is 66.8 Å². The molecule has 0 bridgehead atoms. The van der Waals surface area contributed by atoms with Crippen molar-refractivity contribution < 1.29 is 19.7 Å². The van der Waals surface area contributed by atoms with E-state index < -0.39 is 5.97 Å². The van der Waals surface area contributed by atoms with Gasteiger partial charge in [-0.2, -0.15) is 0 Å². The minimum atomic E-state index is -0.769. The average molecular weight is 190 g/mol. The lowest BCUT2D eigenvalue weighted by Crippen LogP contribution is -2.17. The first-order chi connectivity index (χ1) is 6.20. The predicted molar refractivity (Wildman–Crippen MR) is 48.6 cm³/mol. The number of aliphatic carboxylic acids is 1. The summed E-state index contributed by atoms with van der Waals surface area (Å²) >= 11 is 0. The minimum absolute atomic E-state index is 0.0371. The molecule has 0 heterocycles. The Hall–Kier alpha value is -0.610. The molecule has 0 saturated carbocycles. The molecular weight excluding hydrogens is 172 g/mol. The van der Waals surface area contributed by atoms with Crippen LogP contribution in [0.4, 0.5) is 0 Å². The number of carboxylic acid groups (broad SMARTS) is 1. The highest BCUT2D eigenvalue weighted by molar-refractivity contribution is 5.66. The summed E-state index contributed by atoms with van der Waals surface area (Å²) in [5, 5.41) is 17.1. The zero-order valence-corrected chi connectivity index (χ0v) is 8.03. The fourth-order valence-electron chi connectivity index (χ4n) is 0.928. The third-order valence-corrected chi connectivity index (χ3v) is 1.80. The van der Waals surface area contributed by atoms with E-state index in [0.29, 0.717) is 13.0 Å². The highest BCUT2D eigenvalue weighted by Gasteiger charge is 2.03. The van der Waals surface area contributed by atoms with E-state index >= 15 is 0 Å². The van der Waals surface area contributed by atoms with Crippen LogP contribution in [-0.4, -0.2) is 35.5 Å². The molecule has 0 aliphatic heterocycles. The van der Waals surface area contributed by atoms with Gasteiger partial charge in [0, 0.05) is 13.0 Å². The van der Waals surface area contributed by atoms with Crippen molar-refractivity contribution in [2.45, 2.75) is 38.7 Å². The Labute approximate surface area is 78.5 Å². The fraction of sp³-hybridized carbons (Fsp3) is 0.889. The van der Waals surface area contributed by atoms with Gasteiger partial charge in [0.25, 0.3) is 0 Å². The number of hydrogen-bond acceptors (Lipinski definition) is 3. The second-order valence-corrected chi connectivity index (χ2v) is 2.93. The van der Waals surface area contributed by atoms with Gasteiger partial charge >= 0.3 is 5.97 Å². The molecule has 0 radical (unpaired) electrons. The van der Waals surface area contributed by atoms with Crippen LogP contribution in [0.1, 0.15) is 32.6 Å². The molecule has 1 unspecified atom stereocenters. The number of aliphatic hydroxyl groups is 1. The van der Waals surface area contributed by atoms with E-state index in [1.54, 1.807) is 0 Å². The van der Waals surface area contributed by atoms with Crippen molar-refractivity contribution in [1.29, 1.82) is 0 Å². The SMILES string of the molecule is CCC(CO)OCCCCC(=O)O. The first kappa shape index (κ1) is 12.4. The Kier molecular flexibility index (Phi) is 7.63.